The molecule has 0 bridgehead atoms. The fraction of sp³-hybridized carbons (Fsp3) is 0.125. The van der Waals surface area contributed by atoms with Crippen molar-refractivity contribution in [1.82, 2.24) is 9.97 Å². The number of para-hydroxylation sites is 1. The number of rotatable bonds is 4. The van der Waals surface area contributed by atoms with Crippen LogP contribution >= 0.6 is 0 Å². The number of nitrogens with zero attached hydrogens (tertiary/aromatic N) is 2. The molecule has 0 atom stereocenters. The zero-order valence-corrected chi connectivity index (χ0v) is 16.3. The van der Waals surface area contributed by atoms with Crippen molar-refractivity contribution < 1.29 is 4.79 Å². The highest BCUT2D eigenvalue weighted by molar-refractivity contribution is 6.06. The third-order valence-corrected chi connectivity index (χ3v) is 4.98. The summed E-state index contributed by atoms with van der Waals surface area (Å²) in [5.41, 5.74) is 4.87. The van der Waals surface area contributed by atoms with Gasteiger partial charge in [0.15, 0.2) is 0 Å². The fourth-order valence-corrected chi connectivity index (χ4v) is 3.60. The molecule has 4 aromatic rings. The van der Waals surface area contributed by atoms with Crippen LogP contribution in [0.3, 0.4) is 0 Å². The fourth-order valence-electron chi connectivity index (χ4n) is 3.60. The highest BCUT2D eigenvalue weighted by Gasteiger charge is 2.21. The van der Waals surface area contributed by atoms with Gasteiger partial charge in [-0.15, -0.1) is 0 Å². The van der Waals surface area contributed by atoms with Crippen molar-refractivity contribution in [1.29, 1.82) is 0 Å². The summed E-state index contributed by atoms with van der Waals surface area (Å²) in [6.45, 7) is 4.30. The standard InChI is InChI=1S/C24H21N3O2/c1-16-7-8-22(17(2)13-16)27(24(29)18-9-11-25-12-10-18)15-19-14-23(28)26-21-6-4-3-5-20(19)21/h3-14H,15H2,1-2H3,(H,26,28). The van der Waals surface area contributed by atoms with E-state index in [0.717, 1.165) is 33.3 Å². The van der Waals surface area contributed by atoms with Gasteiger partial charge < -0.3 is 9.88 Å². The second kappa shape index (κ2) is 7.72. The summed E-state index contributed by atoms with van der Waals surface area (Å²) in [5, 5.41) is 0.921. The van der Waals surface area contributed by atoms with Crippen LogP contribution in [0.1, 0.15) is 27.0 Å². The molecule has 5 nitrogen and oxygen atoms in total. The molecular formula is C24H21N3O2. The Bertz CT molecular complexity index is 1250. The lowest BCUT2D eigenvalue weighted by molar-refractivity contribution is 0.0985. The smallest absolute Gasteiger partial charge is 0.258 e. The first kappa shape index (κ1) is 18.6. The van der Waals surface area contributed by atoms with Crippen LogP contribution in [0.5, 0.6) is 0 Å². The van der Waals surface area contributed by atoms with Crippen LogP contribution in [-0.2, 0) is 6.54 Å². The molecule has 0 saturated heterocycles. The number of benzene rings is 2. The molecule has 0 spiro atoms. The minimum absolute atomic E-state index is 0.135. The molecule has 0 aliphatic heterocycles. The van der Waals surface area contributed by atoms with Crippen molar-refractivity contribution in [3.8, 4) is 0 Å². The minimum atomic E-state index is -0.185. The SMILES string of the molecule is Cc1ccc(N(Cc2cc(=O)[nH]c3ccccc23)C(=O)c2ccncc2)c(C)c1. The van der Waals surface area contributed by atoms with Crippen molar-refractivity contribution in [2.24, 2.45) is 0 Å². The molecule has 0 radical (unpaired) electrons. The number of aromatic amines is 1. The molecule has 2 aromatic heterocycles. The van der Waals surface area contributed by atoms with Crippen LogP contribution in [-0.4, -0.2) is 15.9 Å². The summed E-state index contributed by atoms with van der Waals surface area (Å²) in [5.74, 6) is -0.135. The molecule has 0 unspecified atom stereocenters. The Morgan fingerprint density at radius 2 is 1.76 bits per heavy atom. The van der Waals surface area contributed by atoms with E-state index in [0.29, 0.717) is 5.56 Å². The molecule has 0 aliphatic rings. The highest BCUT2D eigenvalue weighted by Crippen LogP contribution is 2.26. The maximum atomic E-state index is 13.4. The molecule has 144 valence electrons. The zero-order chi connectivity index (χ0) is 20.4. The number of carbonyl (C=O) groups is 1. The predicted octanol–water partition coefficient (Wildman–Crippen LogP) is 4.39. The van der Waals surface area contributed by atoms with Crippen LogP contribution in [0.15, 0.2) is 77.9 Å². The number of nitrogens with one attached hydrogen (secondary N) is 1. The number of aromatic nitrogens is 2. The number of aryl methyl sites for hydroxylation is 2. The van der Waals surface area contributed by atoms with E-state index in [1.807, 2.05) is 50.2 Å². The predicted molar refractivity (Wildman–Crippen MR) is 115 cm³/mol. The first-order valence-electron chi connectivity index (χ1n) is 9.43. The van der Waals surface area contributed by atoms with Gasteiger partial charge in [-0.25, -0.2) is 0 Å². The Morgan fingerprint density at radius 3 is 2.52 bits per heavy atom. The van der Waals surface area contributed by atoms with E-state index in [1.54, 1.807) is 35.5 Å². The molecule has 1 amide bonds. The Morgan fingerprint density at radius 1 is 1.00 bits per heavy atom. The number of amides is 1. The van der Waals surface area contributed by atoms with Crippen molar-refractivity contribution >= 4 is 22.5 Å². The van der Waals surface area contributed by atoms with E-state index >= 15 is 0 Å². The number of fused-ring (bicyclic) bond motifs is 1. The van der Waals surface area contributed by atoms with Crippen molar-refractivity contribution in [2.75, 3.05) is 4.90 Å². The minimum Gasteiger partial charge on any atom is -0.322 e. The van der Waals surface area contributed by atoms with Crippen molar-refractivity contribution in [2.45, 2.75) is 20.4 Å². The lowest BCUT2D eigenvalue weighted by atomic mass is 10.1. The molecule has 0 fully saturated rings. The number of carbonyl (C=O) groups excluding carboxylic acids is 1. The van der Waals surface area contributed by atoms with Gasteiger partial charge in [0, 0.05) is 40.6 Å². The first-order chi connectivity index (χ1) is 14.0. The lowest BCUT2D eigenvalue weighted by Crippen LogP contribution is -2.31. The van der Waals surface area contributed by atoms with E-state index in [2.05, 4.69) is 16.0 Å². The van der Waals surface area contributed by atoms with Crippen LogP contribution in [0.4, 0.5) is 5.69 Å². The molecule has 2 aromatic carbocycles. The average Bonchev–Trinajstić information content (AvgIpc) is 2.72. The zero-order valence-electron chi connectivity index (χ0n) is 16.3. The Balaban J connectivity index is 1.85. The second-order valence-corrected chi connectivity index (χ2v) is 7.12. The molecule has 0 saturated carbocycles. The van der Waals surface area contributed by atoms with Gasteiger partial charge in [0.1, 0.15) is 0 Å². The van der Waals surface area contributed by atoms with Crippen LogP contribution in [0, 0.1) is 13.8 Å². The second-order valence-electron chi connectivity index (χ2n) is 7.12. The van der Waals surface area contributed by atoms with Crippen LogP contribution in [0.2, 0.25) is 0 Å². The number of H-pyrrole nitrogens is 1. The third kappa shape index (κ3) is 3.80. The first-order valence-corrected chi connectivity index (χ1v) is 9.43. The monoisotopic (exact) mass is 383 g/mol. The molecule has 29 heavy (non-hydrogen) atoms. The van der Waals surface area contributed by atoms with E-state index in [1.165, 1.54) is 0 Å². The molecule has 4 rings (SSSR count). The van der Waals surface area contributed by atoms with E-state index in [-0.39, 0.29) is 18.0 Å². The Labute approximate surface area is 168 Å². The summed E-state index contributed by atoms with van der Waals surface area (Å²) in [6, 6.07) is 18.6. The average molecular weight is 383 g/mol. The highest BCUT2D eigenvalue weighted by atomic mass is 16.2. The van der Waals surface area contributed by atoms with Gasteiger partial charge >= 0.3 is 0 Å². The largest absolute Gasteiger partial charge is 0.322 e. The maximum Gasteiger partial charge on any atom is 0.258 e. The van der Waals surface area contributed by atoms with E-state index < -0.39 is 0 Å². The van der Waals surface area contributed by atoms with Gasteiger partial charge in [-0.2, -0.15) is 0 Å². The molecule has 2 heterocycles. The van der Waals surface area contributed by atoms with Gasteiger partial charge in [0.25, 0.3) is 5.91 Å². The van der Waals surface area contributed by atoms with Gasteiger partial charge in [-0.1, -0.05) is 35.9 Å². The molecule has 5 heteroatoms. The normalized spacial score (nSPS) is 10.8. The summed E-state index contributed by atoms with van der Waals surface area (Å²) < 4.78 is 0. The summed E-state index contributed by atoms with van der Waals surface area (Å²) >= 11 is 0. The summed E-state index contributed by atoms with van der Waals surface area (Å²) in [4.78, 5) is 34.2. The number of hydrogen-bond acceptors (Lipinski definition) is 3. The molecule has 0 aliphatic carbocycles. The number of pyridine rings is 2. The van der Waals surface area contributed by atoms with Crippen LogP contribution in [0.25, 0.3) is 10.9 Å². The van der Waals surface area contributed by atoms with Gasteiger partial charge in [0.2, 0.25) is 5.56 Å². The topological polar surface area (TPSA) is 66.1 Å². The van der Waals surface area contributed by atoms with Gasteiger partial charge in [-0.05, 0) is 49.2 Å². The Hall–Kier alpha value is -3.73. The molecule has 1 N–H and O–H groups in total. The van der Waals surface area contributed by atoms with Crippen molar-refractivity contribution in [3.05, 3.63) is 106 Å². The van der Waals surface area contributed by atoms with E-state index in [4.69, 9.17) is 0 Å². The van der Waals surface area contributed by atoms with E-state index in [9.17, 15) is 9.59 Å². The number of anilines is 1. The Kier molecular flexibility index (Phi) is 4.96. The van der Waals surface area contributed by atoms with Crippen molar-refractivity contribution in [3.63, 3.8) is 0 Å². The number of hydrogen-bond donors (Lipinski definition) is 1. The molecular weight excluding hydrogens is 362 g/mol. The lowest BCUT2D eigenvalue weighted by Gasteiger charge is -2.25. The van der Waals surface area contributed by atoms with Gasteiger partial charge in [-0.3, -0.25) is 14.6 Å². The quantitative estimate of drug-likeness (QED) is 0.568. The van der Waals surface area contributed by atoms with Gasteiger partial charge in [0.05, 0.1) is 6.54 Å². The third-order valence-electron chi connectivity index (χ3n) is 4.98. The van der Waals surface area contributed by atoms with Crippen LogP contribution < -0.4 is 10.5 Å². The summed E-state index contributed by atoms with van der Waals surface area (Å²) in [7, 11) is 0. The maximum absolute atomic E-state index is 13.4. The summed E-state index contributed by atoms with van der Waals surface area (Å²) in [6.07, 6.45) is 3.21.